The lowest BCUT2D eigenvalue weighted by Gasteiger charge is -2.25. The van der Waals surface area contributed by atoms with Crippen LogP contribution in [0.5, 0.6) is 0 Å². The molecule has 0 saturated carbocycles. The Morgan fingerprint density at radius 1 is 1.33 bits per heavy atom. The quantitative estimate of drug-likeness (QED) is 0.785. The first-order valence-corrected chi connectivity index (χ1v) is 6.13. The molecule has 2 N–H and O–H groups in total. The van der Waals surface area contributed by atoms with E-state index in [9.17, 15) is 9.59 Å². The maximum Gasteiger partial charge on any atom is 0.407 e. The largest absolute Gasteiger partial charge is 0.479 e. The molecule has 0 radical (unpaired) electrons. The fourth-order valence-electron chi connectivity index (χ4n) is 1.79. The maximum absolute atomic E-state index is 11.6. The van der Waals surface area contributed by atoms with Gasteiger partial charge in [-0.05, 0) is 40.0 Å². The van der Waals surface area contributed by atoms with Crippen LogP contribution in [0.1, 0.15) is 40.0 Å². The third-order valence-electron chi connectivity index (χ3n) is 2.52. The Morgan fingerprint density at radius 3 is 2.56 bits per heavy atom. The molecule has 1 rings (SSSR count). The van der Waals surface area contributed by atoms with Crippen LogP contribution in [0, 0.1) is 0 Å². The van der Waals surface area contributed by atoms with Crippen LogP contribution < -0.4 is 5.32 Å². The normalized spacial score (nSPS) is 25.1. The van der Waals surface area contributed by atoms with Gasteiger partial charge in [0.1, 0.15) is 5.60 Å². The second-order valence-electron chi connectivity index (χ2n) is 5.38. The van der Waals surface area contributed by atoms with E-state index in [4.69, 9.17) is 14.6 Å². The van der Waals surface area contributed by atoms with Crippen molar-refractivity contribution in [2.45, 2.75) is 57.8 Å². The molecule has 104 valence electrons. The van der Waals surface area contributed by atoms with Crippen LogP contribution >= 0.6 is 0 Å². The molecule has 0 spiro atoms. The number of aliphatic carboxylic acids is 1. The number of hydrogen-bond acceptors (Lipinski definition) is 4. The van der Waals surface area contributed by atoms with Gasteiger partial charge in [-0.15, -0.1) is 0 Å². The number of carboxylic acids is 1. The number of carbonyl (C=O) groups excluding carboxylic acids is 1. The molecule has 1 aliphatic rings. The van der Waals surface area contributed by atoms with Crippen LogP contribution in [0.15, 0.2) is 0 Å². The van der Waals surface area contributed by atoms with Crippen molar-refractivity contribution in [2.75, 3.05) is 6.61 Å². The highest BCUT2D eigenvalue weighted by Gasteiger charge is 2.32. The Bertz CT molecular complexity index is 310. The zero-order chi connectivity index (χ0) is 13.8. The molecule has 1 fully saturated rings. The van der Waals surface area contributed by atoms with Gasteiger partial charge < -0.3 is 19.9 Å². The standard InChI is InChI=1S/C12H21NO5/c1-12(2,3)18-11(16)13-8-6-4-5-7-17-9(8)10(14)15/h8-9H,4-7H2,1-3H3,(H,13,16)(H,14,15)/t8-,9+/m1/s1. The summed E-state index contributed by atoms with van der Waals surface area (Å²) in [5.74, 6) is -1.06. The second-order valence-corrected chi connectivity index (χ2v) is 5.38. The second kappa shape index (κ2) is 6.04. The van der Waals surface area contributed by atoms with E-state index in [0.717, 1.165) is 12.8 Å². The van der Waals surface area contributed by atoms with Crippen molar-refractivity contribution >= 4 is 12.1 Å². The molecule has 0 aromatic heterocycles. The van der Waals surface area contributed by atoms with Crippen molar-refractivity contribution in [3.8, 4) is 0 Å². The molecule has 0 bridgehead atoms. The van der Waals surface area contributed by atoms with E-state index < -0.39 is 29.8 Å². The van der Waals surface area contributed by atoms with Crippen molar-refractivity contribution in [1.29, 1.82) is 0 Å². The van der Waals surface area contributed by atoms with Gasteiger partial charge in [0.25, 0.3) is 0 Å². The molecule has 1 aliphatic heterocycles. The first kappa shape index (κ1) is 14.8. The van der Waals surface area contributed by atoms with Crippen LogP contribution in [0.4, 0.5) is 4.79 Å². The summed E-state index contributed by atoms with van der Waals surface area (Å²) in [5.41, 5.74) is -0.603. The van der Waals surface area contributed by atoms with E-state index in [1.807, 2.05) is 0 Å². The molecule has 6 heteroatoms. The van der Waals surface area contributed by atoms with E-state index in [1.54, 1.807) is 20.8 Å². The Hall–Kier alpha value is -1.30. The lowest BCUT2D eigenvalue weighted by Crippen LogP contribution is -2.48. The number of rotatable bonds is 2. The van der Waals surface area contributed by atoms with E-state index in [-0.39, 0.29) is 0 Å². The van der Waals surface area contributed by atoms with Crippen LogP contribution in [0.25, 0.3) is 0 Å². The first-order valence-electron chi connectivity index (χ1n) is 6.13. The molecule has 6 nitrogen and oxygen atoms in total. The third-order valence-corrected chi connectivity index (χ3v) is 2.52. The molecule has 18 heavy (non-hydrogen) atoms. The summed E-state index contributed by atoms with van der Waals surface area (Å²) in [7, 11) is 0. The number of carboxylic acid groups (broad SMARTS) is 1. The zero-order valence-electron chi connectivity index (χ0n) is 11.1. The van der Waals surface area contributed by atoms with Crippen molar-refractivity contribution in [3.63, 3.8) is 0 Å². The molecule has 0 aromatic carbocycles. The molecule has 0 aromatic rings. The Morgan fingerprint density at radius 2 is 2.00 bits per heavy atom. The fourth-order valence-corrected chi connectivity index (χ4v) is 1.79. The smallest absolute Gasteiger partial charge is 0.407 e. The summed E-state index contributed by atoms with van der Waals surface area (Å²) >= 11 is 0. The number of hydrogen-bond donors (Lipinski definition) is 2. The van der Waals surface area contributed by atoms with E-state index >= 15 is 0 Å². The molecule has 0 aliphatic carbocycles. The number of carbonyl (C=O) groups is 2. The van der Waals surface area contributed by atoms with E-state index in [1.165, 1.54) is 0 Å². The predicted molar refractivity (Wildman–Crippen MR) is 64.4 cm³/mol. The average molecular weight is 259 g/mol. The van der Waals surface area contributed by atoms with Crippen LogP contribution in [-0.4, -0.2) is 41.5 Å². The summed E-state index contributed by atoms with van der Waals surface area (Å²) in [5, 5.41) is 11.6. The topological polar surface area (TPSA) is 84.9 Å². The minimum atomic E-state index is -1.06. The Balaban J connectivity index is 2.60. The van der Waals surface area contributed by atoms with E-state index in [2.05, 4.69) is 5.32 Å². The number of ether oxygens (including phenoxy) is 2. The van der Waals surface area contributed by atoms with Gasteiger partial charge in [-0.25, -0.2) is 9.59 Å². The SMILES string of the molecule is CC(C)(C)OC(=O)N[C@@H]1CCCCO[C@@H]1C(=O)O. The van der Waals surface area contributed by atoms with Crippen molar-refractivity contribution in [2.24, 2.45) is 0 Å². The van der Waals surface area contributed by atoms with Gasteiger partial charge in [0.05, 0.1) is 6.04 Å². The molecular formula is C12H21NO5. The van der Waals surface area contributed by atoms with Gasteiger partial charge in [-0.1, -0.05) is 0 Å². The molecule has 1 heterocycles. The Kier molecular flexibility index (Phi) is 4.95. The molecular weight excluding hydrogens is 238 g/mol. The van der Waals surface area contributed by atoms with Gasteiger partial charge in [0.15, 0.2) is 6.10 Å². The zero-order valence-corrected chi connectivity index (χ0v) is 11.1. The van der Waals surface area contributed by atoms with Crippen molar-refractivity contribution < 1.29 is 24.2 Å². The van der Waals surface area contributed by atoms with Crippen molar-refractivity contribution in [1.82, 2.24) is 5.32 Å². The number of nitrogens with one attached hydrogen (secondary N) is 1. The van der Waals surface area contributed by atoms with Gasteiger partial charge in [-0.2, -0.15) is 0 Å². The minimum Gasteiger partial charge on any atom is -0.479 e. The summed E-state index contributed by atoms with van der Waals surface area (Å²) < 4.78 is 10.3. The predicted octanol–water partition coefficient (Wildman–Crippen LogP) is 1.53. The molecule has 0 unspecified atom stereocenters. The van der Waals surface area contributed by atoms with Gasteiger partial charge in [-0.3, -0.25) is 0 Å². The highest BCUT2D eigenvalue weighted by molar-refractivity contribution is 5.75. The highest BCUT2D eigenvalue weighted by Crippen LogP contribution is 2.15. The highest BCUT2D eigenvalue weighted by atomic mass is 16.6. The average Bonchev–Trinajstić information content (AvgIpc) is 2.39. The fraction of sp³-hybridized carbons (Fsp3) is 0.833. The van der Waals surface area contributed by atoms with Gasteiger partial charge in [0.2, 0.25) is 0 Å². The summed E-state index contributed by atoms with van der Waals surface area (Å²) in [6.45, 7) is 5.67. The van der Waals surface area contributed by atoms with Crippen molar-refractivity contribution in [3.05, 3.63) is 0 Å². The summed E-state index contributed by atoms with van der Waals surface area (Å²) in [6, 6.07) is -0.542. The van der Waals surface area contributed by atoms with Crippen LogP contribution in [0.3, 0.4) is 0 Å². The monoisotopic (exact) mass is 259 g/mol. The number of alkyl carbamates (subject to hydrolysis) is 1. The lowest BCUT2D eigenvalue weighted by atomic mass is 10.1. The number of amides is 1. The maximum atomic E-state index is 11.6. The lowest BCUT2D eigenvalue weighted by molar-refractivity contribution is -0.151. The third kappa shape index (κ3) is 4.91. The van der Waals surface area contributed by atoms with E-state index in [0.29, 0.717) is 13.0 Å². The summed E-state index contributed by atoms with van der Waals surface area (Å²) in [4.78, 5) is 22.7. The molecule has 1 amide bonds. The Labute approximate surface area is 107 Å². The first-order chi connectivity index (χ1) is 8.29. The van der Waals surface area contributed by atoms with Crippen LogP contribution in [-0.2, 0) is 14.3 Å². The molecule has 2 atom stereocenters. The van der Waals surface area contributed by atoms with Gasteiger partial charge >= 0.3 is 12.1 Å². The summed E-state index contributed by atoms with van der Waals surface area (Å²) in [6.07, 6.45) is 0.598. The van der Waals surface area contributed by atoms with Crippen LogP contribution in [0.2, 0.25) is 0 Å². The minimum absolute atomic E-state index is 0.406. The molecule has 1 saturated heterocycles. The van der Waals surface area contributed by atoms with Gasteiger partial charge in [0, 0.05) is 6.61 Å².